The van der Waals surface area contributed by atoms with Crippen molar-refractivity contribution >= 4 is 12.2 Å². The molecule has 0 radical (unpaired) electrons. The normalized spacial score (nSPS) is 46.8. The summed E-state index contributed by atoms with van der Waals surface area (Å²) in [6.07, 6.45) is 12.0. The molecule has 1 unspecified atom stereocenters. The maximum absolute atomic E-state index is 13.3. The molecule has 6 saturated carbocycles. The zero-order chi connectivity index (χ0) is 38.7. The Morgan fingerprint density at radius 3 is 2.25 bits per heavy atom. The molecule has 13 atom stereocenters. The first-order valence-corrected chi connectivity index (χ1v) is 22.9. The number of aliphatic hydroxyl groups is 1. The van der Waals surface area contributed by atoms with Crippen LogP contribution in [0.2, 0.25) is 0 Å². The number of hydrogen-bond acceptors (Lipinski definition) is 8. The van der Waals surface area contributed by atoms with Crippen molar-refractivity contribution in [1.82, 2.24) is 20.0 Å². The Bertz CT molecular complexity index is 1480. The summed E-state index contributed by atoms with van der Waals surface area (Å²) < 4.78 is 19.6. The average Bonchev–Trinajstić information content (AvgIpc) is 3.72. The van der Waals surface area contributed by atoms with Gasteiger partial charge in [-0.25, -0.2) is 9.59 Å². The number of alkyl carbamates (subject to hydrolysis) is 1. The lowest BCUT2D eigenvalue weighted by Gasteiger charge is -2.63. The first-order valence-electron chi connectivity index (χ1n) is 22.9. The topological polar surface area (TPSA) is 104 Å². The molecule has 0 aromatic heterocycles. The van der Waals surface area contributed by atoms with Gasteiger partial charge in [-0.2, -0.15) is 0 Å². The summed E-state index contributed by atoms with van der Waals surface area (Å²) in [4.78, 5) is 33.2. The van der Waals surface area contributed by atoms with Gasteiger partial charge in [-0.3, -0.25) is 9.80 Å². The second kappa shape index (κ2) is 13.7. The summed E-state index contributed by atoms with van der Waals surface area (Å²) in [7, 11) is 0. The largest absolute Gasteiger partial charge is 0.446 e. The van der Waals surface area contributed by atoms with Crippen molar-refractivity contribution in [1.29, 1.82) is 0 Å². The summed E-state index contributed by atoms with van der Waals surface area (Å²) in [5.74, 6) is 1.74. The number of hydrogen-bond donors (Lipinski definition) is 2. The van der Waals surface area contributed by atoms with Crippen LogP contribution >= 0.6 is 0 Å². The van der Waals surface area contributed by atoms with Crippen LogP contribution in [0.15, 0.2) is 0 Å². The maximum atomic E-state index is 13.3. The minimum Gasteiger partial charge on any atom is -0.446 e. The zero-order valence-electron chi connectivity index (χ0n) is 35.3. The van der Waals surface area contributed by atoms with E-state index in [-0.39, 0.29) is 75.5 Å². The number of carbonyl (C=O) groups excluding carboxylic acids is 2. The van der Waals surface area contributed by atoms with Crippen LogP contribution in [0, 0.1) is 56.7 Å². The second-order valence-corrected chi connectivity index (χ2v) is 21.8. The van der Waals surface area contributed by atoms with E-state index in [0.717, 1.165) is 96.8 Å². The van der Waals surface area contributed by atoms with Crippen molar-refractivity contribution in [2.75, 3.05) is 52.4 Å². The standard InChI is InChI=1S/C45H74N4O6/c1-28(2)36(55-40(52)49-19-9-20-49)31-26-29(3)35-37(53-31)38(50)43(7)33-13-12-32-41(4,5)34(14-15-44(32)27-45(33,44)17-16-42(35,43)6)54-39(51)46-18-21-47-22-24-48(25-23-47)30-10-8-11-30/h28-38,50H,8-27H2,1-7H3,(H,46,51)/t29-,31-,32+,33+,34+,35+,36-,37+,38+,42-,43-,44-,45?/m1/s1. The zero-order valence-corrected chi connectivity index (χ0v) is 35.3. The van der Waals surface area contributed by atoms with E-state index >= 15 is 0 Å². The highest BCUT2D eigenvalue weighted by Crippen LogP contribution is 2.89. The van der Waals surface area contributed by atoms with Crippen molar-refractivity contribution in [3.8, 4) is 0 Å². The molecule has 10 heteroatoms. The Labute approximate surface area is 331 Å². The molecule has 10 nitrogen and oxygen atoms in total. The molecule has 3 heterocycles. The van der Waals surface area contributed by atoms with Gasteiger partial charge in [0, 0.05) is 69.2 Å². The van der Waals surface area contributed by atoms with Gasteiger partial charge in [0.15, 0.2) is 0 Å². The lowest BCUT2D eigenvalue weighted by Crippen LogP contribution is -2.60. The van der Waals surface area contributed by atoms with E-state index in [2.05, 4.69) is 63.6 Å². The van der Waals surface area contributed by atoms with E-state index in [0.29, 0.717) is 24.3 Å². The first-order chi connectivity index (χ1) is 26.2. The number of rotatable bonds is 8. The molecule has 0 bridgehead atoms. The second-order valence-electron chi connectivity index (χ2n) is 21.8. The number of carbonyl (C=O) groups is 2. The SMILES string of the molecule is CC(C)[C@@H](OC(=O)N1CCC1)[C@H]1C[C@@H](C)[C@H]2[C@H](O1)[C@H](O)[C@@]1(C)[C@@H]3CC[C@H]4C(C)(C)[C@@H](OC(=O)NCCN5CCN(C6CCC6)CC5)CC[C@@]45CC35CC[C@]21C. The quantitative estimate of drug-likeness (QED) is 0.274. The lowest BCUT2D eigenvalue weighted by atomic mass is 9.41. The fraction of sp³-hybridized carbons (Fsp3) is 0.956. The molecular weight excluding hydrogens is 693 g/mol. The van der Waals surface area contributed by atoms with Crippen LogP contribution in [0.3, 0.4) is 0 Å². The Morgan fingerprint density at radius 2 is 1.60 bits per heavy atom. The summed E-state index contributed by atoms with van der Waals surface area (Å²) in [6.45, 7) is 23.9. The molecule has 9 fully saturated rings. The van der Waals surface area contributed by atoms with Crippen molar-refractivity contribution in [3.63, 3.8) is 0 Å². The van der Waals surface area contributed by atoms with Crippen molar-refractivity contribution < 1.29 is 28.9 Å². The van der Waals surface area contributed by atoms with Crippen LogP contribution in [0.25, 0.3) is 0 Å². The molecule has 9 aliphatic rings. The van der Waals surface area contributed by atoms with Gasteiger partial charge in [-0.15, -0.1) is 0 Å². The van der Waals surface area contributed by atoms with Gasteiger partial charge >= 0.3 is 12.2 Å². The molecule has 0 aromatic rings. The smallest absolute Gasteiger partial charge is 0.410 e. The Hall–Kier alpha value is -1.62. The van der Waals surface area contributed by atoms with Crippen molar-refractivity contribution in [3.05, 3.63) is 0 Å². The van der Waals surface area contributed by atoms with Crippen molar-refractivity contribution in [2.24, 2.45) is 56.7 Å². The van der Waals surface area contributed by atoms with Crippen LogP contribution in [0.5, 0.6) is 0 Å². The van der Waals surface area contributed by atoms with Gasteiger partial charge < -0.3 is 29.5 Å². The van der Waals surface area contributed by atoms with Crippen LogP contribution < -0.4 is 5.32 Å². The molecule has 3 aliphatic heterocycles. The van der Waals surface area contributed by atoms with E-state index in [1.54, 1.807) is 4.90 Å². The van der Waals surface area contributed by atoms with Gasteiger partial charge in [0.05, 0.1) is 18.3 Å². The summed E-state index contributed by atoms with van der Waals surface area (Å²) in [5, 5.41) is 15.8. The number of ether oxygens (including phenoxy) is 3. The van der Waals surface area contributed by atoms with E-state index in [1.165, 1.54) is 32.1 Å². The van der Waals surface area contributed by atoms with Gasteiger partial charge in [0.25, 0.3) is 0 Å². The fourth-order valence-corrected chi connectivity index (χ4v) is 15.7. The summed E-state index contributed by atoms with van der Waals surface area (Å²) >= 11 is 0. The van der Waals surface area contributed by atoms with Gasteiger partial charge in [-0.05, 0) is 116 Å². The molecule has 2 spiro atoms. The highest BCUT2D eigenvalue weighted by molar-refractivity contribution is 5.68. The minimum atomic E-state index is -0.550. The predicted octanol–water partition coefficient (Wildman–Crippen LogP) is 6.93. The van der Waals surface area contributed by atoms with Gasteiger partial charge in [0.1, 0.15) is 12.2 Å². The number of likely N-dealkylation sites (tertiary alicyclic amines) is 1. The third kappa shape index (κ3) is 5.73. The molecule has 2 N–H and O–H groups in total. The minimum absolute atomic E-state index is 0.0201. The lowest BCUT2D eigenvalue weighted by molar-refractivity contribution is -0.185. The van der Waals surface area contributed by atoms with Crippen molar-refractivity contribution in [2.45, 2.75) is 162 Å². The number of fused-ring (bicyclic) bond motifs is 4. The highest BCUT2D eigenvalue weighted by Gasteiger charge is 2.84. The Kier molecular flexibility index (Phi) is 9.70. The monoisotopic (exact) mass is 767 g/mol. The van der Waals surface area contributed by atoms with E-state index in [9.17, 15) is 14.7 Å². The Balaban J connectivity index is 0.849. The maximum Gasteiger partial charge on any atom is 0.410 e. The van der Waals surface area contributed by atoms with E-state index in [4.69, 9.17) is 14.2 Å². The third-order valence-corrected chi connectivity index (χ3v) is 19.1. The van der Waals surface area contributed by atoms with E-state index in [1.807, 2.05) is 0 Å². The highest BCUT2D eigenvalue weighted by atomic mass is 16.6. The summed E-state index contributed by atoms with van der Waals surface area (Å²) in [6, 6.07) is 0.818. The van der Waals surface area contributed by atoms with E-state index < -0.39 is 6.10 Å². The van der Waals surface area contributed by atoms with Gasteiger partial charge in [-0.1, -0.05) is 54.9 Å². The number of amides is 2. The molecule has 55 heavy (non-hydrogen) atoms. The molecule has 6 aliphatic carbocycles. The molecule has 310 valence electrons. The molecular formula is C45H74N4O6. The summed E-state index contributed by atoms with van der Waals surface area (Å²) in [5.41, 5.74) is 0.129. The van der Waals surface area contributed by atoms with Crippen LogP contribution in [-0.4, -0.2) is 121 Å². The van der Waals surface area contributed by atoms with Crippen LogP contribution in [0.1, 0.15) is 126 Å². The van der Waals surface area contributed by atoms with Crippen LogP contribution in [-0.2, 0) is 14.2 Å². The number of nitrogens with zero attached hydrogens (tertiary/aromatic N) is 3. The number of aliphatic hydroxyl groups excluding tert-OH is 1. The molecule has 0 aromatic carbocycles. The molecule has 3 saturated heterocycles. The Morgan fingerprint density at radius 1 is 0.891 bits per heavy atom. The number of nitrogens with one attached hydrogen (secondary N) is 1. The predicted molar refractivity (Wildman–Crippen MR) is 211 cm³/mol. The fourth-order valence-electron chi connectivity index (χ4n) is 15.7. The third-order valence-electron chi connectivity index (χ3n) is 19.1. The molecule has 2 amide bonds. The molecule has 9 rings (SSSR count). The van der Waals surface area contributed by atoms with Gasteiger partial charge in [0.2, 0.25) is 0 Å². The first kappa shape index (κ1) is 38.9. The average molecular weight is 767 g/mol. The van der Waals surface area contributed by atoms with Crippen LogP contribution in [0.4, 0.5) is 9.59 Å². The number of piperazine rings is 1.